The molecule has 2 amide bonds. The third-order valence-corrected chi connectivity index (χ3v) is 4.40. The third kappa shape index (κ3) is 3.91. The molecule has 1 saturated heterocycles. The lowest BCUT2D eigenvalue weighted by molar-refractivity contribution is -0.144. The molecule has 0 bridgehead atoms. The van der Waals surface area contributed by atoms with E-state index in [-0.39, 0.29) is 18.2 Å². The first kappa shape index (κ1) is 17.1. The van der Waals surface area contributed by atoms with Crippen molar-refractivity contribution < 1.29 is 14.7 Å². The maximum atomic E-state index is 12.3. The minimum absolute atomic E-state index is 0.0702. The van der Waals surface area contributed by atoms with Crippen molar-refractivity contribution in [1.29, 1.82) is 0 Å². The Hall–Kier alpha value is -1.30. The van der Waals surface area contributed by atoms with Gasteiger partial charge in [0.1, 0.15) is 6.10 Å². The summed E-state index contributed by atoms with van der Waals surface area (Å²) in [6, 6.07) is 5.14. The molecule has 120 valence electrons. The maximum absolute atomic E-state index is 12.3. The molecule has 1 aromatic carbocycles. The van der Waals surface area contributed by atoms with Gasteiger partial charge < -0.3 is 14.9 Å². The maximum Gasteiger partial charge on any atom is 0.251 e. The van der Waals surface area contributed by atoms with Crippen molar-refractivity contribution in [3.05, 3.63) is 33.8 Å². The fraction of sp³-hybridized carbons (Fsp3) is 0.467. The number of carbonyl (C=O) groups is 2. The third-order valence-electron chi connectivity index (χ3n) is 3.69. The molecule has 5 nitrogen and oxygen atoms in total. The Balaban J connectivity index is 1.94. The molecule has 1 fully saturated rings. The minimum atomic E-state index is -1.01. The highest BCUT2D eigenvalue weighted by Gasteiger charge is 2.26. The average Bonchev–Trinajstić information content (AvgIpc) is 2.50. The molecule has 2 rings (SSSR count). The fourth-order valence-electron chi connectivity index (χ4n) is 2.40. The minimum Gasteiger partial charge on any atom is -0.384 e. The van der Waals surface area contributed by atoms with Crippen LogP contribution >= 0.6 is 23.2 Å². The van der Waals surface area contributed by atoms with E-state index in [2.05, 4.69) is 0 Å². The number of aliphatic hydroxyl groups is 1. The van der Waals surface area contributed by atoms with Crippen LogP contribution in [0.1, 0.15) is 12.5 Å². The predicted molar refractivity (Wildman–Crippen MR) is 85.0 cm³/mol. The van der Waals surface area contributed by atoms with E-state index in [4.69, 9.17) is 23.2 Å². The molecular formula is C15H18Cl2N2O3. The molecule has 22 heavy (non-hydrogen) atoms. The van der Waals surface area contributed by atoms with Gasteiger partial charge >= 0.3 is 0 Å². The van der Waals surface area contributed by atoms with E-state index >= 15 is 0 Å². The Morgan fingerprint density at radius 3 is 2.14 bits per heavy atom. The normalized spacial score (nSPS) is 16.5. The molecule has 1 N–H and O–H groups in total. The van der Waals surface area contributed by atoms with Crippen LogP contribution in [-0.2, 0) is 16.0 Å². The molecule has 1 aliphatic rings. The van der Waals surface area contributed by atoms with Gasteiger partial charge in [0.25, 0.3) is 5.91 Å². The van der Waals surface area contributed by atoms with Crippen LogP contribution in [0.2, 0.25) is 10.0 Å². The number of aliphatic hydroxyl groups excluding tert-OH is 1. The summed E-state index contributed by atoms with van der Waals surface area (Å²) in [5, 5.41) is 10.3. The summed E-state index contributed by atoms with van der Waals surface area (Å²) in [5.41, 5.74) is 0.623. The predicted octanol–water partition coefficient (Wildman–Crippen LogP) is 1.59. The van der Waals surface area contributed by atoms with Crippen molar-refractivity contribution in [3.8, 4) is 0 Å². The second-order valence-corrected chi connectivity index (χ2v) is 6.07. The van der Waals surface area contributed by atoms with Gasteiger partial charge in [0.2, 0.25) is 5.91 Å². The fourth-order valence-corrected chi connectivity index (χ4v) is 2.94. The first-order chi connectivity index (χ1) is 10.4. The zero-order valence-electron chi connectivity index (χ0n) is 12.3. The second kappa shape index (κ2) is 7.31. The first-order valence-corrected chi connectivity index (χ1v) is 7.83. The topological polar surface area (TPSA) is 60.9 Å². The largest absolute Gasteiger partial charge is 0.384 e. The van der Waals surface area contributed by atoms with Crippen LogP contribution in [0.5, 0.6) is 0 Å². The molecule has 0 saturated carbocycles. The molecule has 1 atom stereocenters. The van der Waals surface area contributed by atoms with Gasteiger partial charge in [-0.25, -0.2) is 0 Å². The summed E-state index contributed by atoms with van der Waals surface area (Å²) in [5.74, 6) is -0.375. The van der Waals surface area contributed by atoms with Crippen LogP contribution in [-0.4, -0.2) is 59.0 Å². The van der Waals surface area contributed by atoms with E-state index in [1.165, 1.54) is 6.92 Å². The molecule has 7 heteroatoms. The van der Waals surface area contributed by atoms with Crippen molar-refractivity contribution in [2.45, 2.75) is 19.4 Å². The van der Waals surface area contributed by atoms with E-state index in [1.54, 1.807) is 28.0 Å². The highest BCUT2D eigenvalue weighted by atomic mass is 35.5. The number of piperazine rings is 1. The molecule has 1 unspecified atom stereocenters. The van der Waals surface area contributed by atoms with Crippen LogP contribution in [0.25, 0.3) is 0 Å². The number of rotatable bonds is 3. The molecule has 1 aliphatic heterocycles. The SMILES string of the molecule is CC(O)C(=O)N1CCN(C(=O)Cc2c(Cl)cccc2Cl)CC1. The number of nitrogens with zero attached hydrogens (tertiary/aromatic N) is 2. The quantitative estimate of drug-likeness (QED) is 0.905. The molecule has 1 heterocycles. The number of halogens is 2. The standard InChI is InChI=1S/C15H18Cl2N2O3/c1-10(20)15(22)19-7-5-18(6-8-19)14(21)9-11-12(16)3-2-4-13(11)17/h2-4,10,20H,5-9H2,1H3. The van der Waals surface area contributed by atoms with Crippen LogP contribution in [0, 0.1) is 0 Å². The Bertz CT molecular complexity index is 550. The van der Waals surface area contributed by atoms with Crippen molar-refractivity contribution in [1.82, 2.24) is 9.80 Å². The van der Waals surface area contributed by atoms with E-state index in [1.807, 2.05) is 0 Å². The number of hydrogen-bond donors (Lipinski definition) is 1. The summed E-state index contributed by atoms with van der Waals surface area (Å²) < 4.78 is 0. The van der Waals surface area contributed by atoms with Crippen LogP contribution in [0.4, 0.5) is 0 Å². The lowest BCUT2D eigenvalue weighted by atomic mass is 10.1. The molecule has 0 radical (unpaired) electrons. The molecule has 0 aromatic heterocycles. The van der Waals surface area contributed by atoms with E-state index < -0.39 is 6.10 Å². The number of carbonyl (C=O) groups excluding carboxylic acids is 2. The van der Waals surface area contributed by atoms with Gasteiger partial charge in [-0.1, -0.05) is 29.3 Å². The zero-order chi connectivity index (χ0) is 16.3. The summed E-state index contributed by atoms with van der Waals surface area (Å²) in [6.45, 7) is 3.18. The van der Waals surface area contributed by atoms with E-state index in [0.29, 0.717) is 41.8 Å². The highest BCUT2D eigenvalue weighted by molar-refractivity contribution is 6.36. The molecule has 1 aromatic rings. The van der Waals surface area contributed by atoms with Crippen LogP contribution < -0.4 is 0 Å². The summed E-state index contributed by atoms with van der Waals surface area (Å²) in [7, 11) is 0. The average molecular weight is 345 g/mol. The summed E-state index contributed by atoms with van der Waals surface area (Å²) in [6.07, 6.45) is -0.868. The summed E-state index contributed by atoms with van der Waals surface area (Å²) >= 11 is 12.2. The monoisotopic (exact) mass is 344 g/mol. The number of amides is 2. The molecule has 0 spiro atoms. The molecular weight excluding hydrogens is 327 g/mol. The Morgan fingerprint density at radius 1 is 1.14 bits per heavy atom. The van der Waals surface area contributed by atoms with E-state index in [0.717, 1.165) is 0 Å². The zero-order valence-corrected chi connectivity index (χ0v) is 13.8. The Kier molecular flexibility index (Phi) is 5.67. The van der Waals surface area contributed by atoms with Gasteiger partial charge in [-0.15, -0.1) is 0 Å². The Morgan fingerprint density at radius 2 is 1.64 bits per heavy atom. The van der Waals surface area contributed by atoms with Gasteiger partial charge in [-0.2, -0.15) is 0 Å². The van der Waals surface area contributed by atoms with Gasteiger partial charge in [0, 0.05) is 36.2 Å². The van der Waals surface area contributed by atoms with Gasteiger partial charge in [-0.05, 0) is 24.6 Å². The van der Waals surface area contributed by atoms with Crippen LogP contribution in [0.15, 0.2) is 18.2 Å². The first-order valence-electron chi connectivity index (χ1n) is 7.07. The molecule has 0 aliphatic carbocycles. The lowest BCUT2D eigenvalue weighted by Gasteiger charge is -2.35. The van der Waals surface area contributed by atoms with Crippen LogP contribution in [0.3, 0.4) is 0 Å². The number of hydrogen-bond acceptors (Lipinski definition) is 3. The van der Waals surface area contributed by atoms with Gasteiger partial charge in [-0.3, -0.25) is 9.59 Å². The van der Waals surface area contributed by atoms with Crippen molar-refractivity contribution >= 4 is 35.0 Å². The second-order valence-electron chi connectivity index (χ2n) is 5.26. The lowest BCUT2D eigenvalue weighted by Crippen LogP contribution is -2.52. The highest BCUT2D eigenvalue weighted by Crippen LogP contribution is 2.25. The smallest absolute Gasteiger partial charge is 0.251 e. The van der Waals surface area contributed by atoms with Crippen molar-refractivity contribution in [2.75, 3.05) is 26.2 Å². The van der Waals surface area contributed by atoms with Crippen molar-refractivity contribution in [3.63, 3.8) is 0 Å². The number of benzene rings is 1. The summed E-state index contributed by atoms with van der Waals surface area (Å²) in [4.78, 5) is 27.3. The Labute approximate surface area is 139 Å². The van der Waals surface area contributed by atoms with Gasteiger partial charge in [0.05, 0.1) is 6.42 Å². The van der Waals surface area contributed by atoms with Crippen molar-refractivity contribution in [2.24, 2.45) is 0 Å². The van der Waals surface area contributed by atoms with E-state index in [9.17, 15) is 14.7 Å². The van der Waals surface area contributed by atoms with Gasteiger partial charge in [0.15, 0.2) is 0 Å².